The summed E-state index contributed by atoms with van der Waals surface area (Å²) >= 11 is 0. The number of benzene rings is 1. The van der Waals surface area contributed by atoms with Crippen LogP contribution >= 0.6 is 0 Å². The number of pyridine rings is 1. The lowest BCUT2D eigenvalue weighted by Gasteiger charge is -2.21. The molecule has 1 heterocycles. The van der Waals surface area contributed by atoms with Crippen LogP contribution in [-0.4, -0.2) is 23.0 Å². The molecule has 0 radical (unpaired) electrons. The van der Waals surface area contributed by atoms with Crippen molar-refractivity contribution in [3.63, 3.8) is 0 Å². The van der Waals surface area contributed by atoms with Crippen LogP contribution in [-0.2, 0) is 6.42 Å². The van der Waals surface area contributed by atoms with Crippen LogP contribution in [0.5, 0.6) is 0 Å². The summed E-state index contributed by atoms with van der Waals surface area (Å²) in [6.45, 7) is 4.33. The molecule has 1 aromatic carbocycles. The number of aromatic nitrogens is 1. The highest BCUT2D eigenvalue weighted by atomic mass is 16.6. The van der Waals surface area contributed by atoms with Crippen molar-refractivity contribution in [2.45, 2.75) is 26.3 Å². The molecule has 0 spiro atoms. The van der Waals surface area contributed by atoms with E-state index >= 15 is 0 Å². The summed E-state index contributed by atoms with van der Waals surface area (Å²) in [6, 6.07) is 5.62. The number of hydrogen-bond donors (Lipinski definition) is 1. The number of nitrogens with zero attached hydrogens (tertiary/aromatic N) is 2. The summed E-state index contributed by atoms with van der Waals surface area (Å²) in [5, 5.41) is 15.9. The first-order valence-electron chi connectivity index (χ1n) is 6.72. The SMILES string of the molecule is CNC(Cc1ccc([N+](=O)[O-])c2cnccc12)C(C)C. The Morgan fingerprint density at radius 3 is 2.65 bits per heavy atom. The standard InChI is InChI=1S/C15H19N3O2/c1-10(2)14(16-3)8-11-4-5-15(18(19)20)13-9-17-7-6-12(11)13/h4-7,9-10,14,16H,8H2,1-3H3. The number of likely N-dealkylation sites (N-methyl/N-ethyl adjacent to an activating group) is 1. The fraction of sp³-hybridized carbons (Fsp3) is 0.400. The lowest BCUT2D eigenvalue weighted by Crippen LogP contribution is -2.32. The van der Waals surface area contributed by atoms with Crippen molar-refractivity contribution in [3.05, 3.63) is 46.3 Å². The maximum Gasteiger partial charge on any atom is 0.278 e. The van der Waals surface area contributed by atoms with E-state index in [2.05, 4.69) is 24.1 Å². The third kappa shape index (κ3) is 2.77. The van der Waals surface area contributed by atoms with Crippen molar-refractivity contribution in [1.82, 2.24) is 10.3 Å². The number of nitro benzene ring substituents is 1. The highest BCUT2D eigenvalue weighted by molar-refractivity contribution is 5.92. The van der Waals surface area contributed by atoms with E-state index in [9.17, 15) is 10.1 Å². The maximum absolute atomic E-state index is 11.1. The fourth-order valence-electron chi connectivity index (χ4n) is 2.48. The number of nitro groups is 1. The van der Waals surface area contributed by atoms with Crippen molar-refractivity contribution in [2.24, 2.45) is 5.92 Å². The van der Waals surface area contributed by atoms with Gasteiger partial charge in [-0.15, -0.1) is 0 Å². The fourth-order valence-corrected chi connectivity index (χ4v) is 2.48. The van der Waals surface area contributed by atoms with Crippen LogP contribution in [0.2, 0.25) is 0 Å². The van der Waals surface area contributed by atoms with Gasteiger partial charge in [0, 0.05) is 24.5 Å². The van der Waals surface area contributed by atoms with Crippen LogP contribution in [0.4, 0.5) is 5.69 Å². The summed E-state index contributed by atoms with van der Waals surface area (Å²) in [6.07, 6.45) is 4.09. The highest BCUT2D eigenvalue weighted by Gasteiger charge is 2.17. The number of non-ortho nitro benzene ring substituents is 1. The second-order valence-corrected chi connectivity index (χ2v) is 5.27. The van der Waals surface area contributed by atoms with Crippen LogP contribution in [0.1, 0.15) is 19.4 Å². The Morgan fingerprint density at radius 2 is 2.05 bits per heavy atom. The Balaban J connectivity index is 2.50. The normalized spacial score (nSPS) is 12.8. The molecule has 0 bridgehead atoms. The van der Waals surface area contributed by atoms with Crippen molar-refractivity contribution in [2.75, 3.05) is 7.05 Å². The summed E-state index contributed by atoms with van der Waals surface area (Å²) in [7, 11) is 1.94. The van der Waals surface area contributed by atoms with Gasteiger partial charge in [-0.25, -0.2) is 0 Å². The minimum Gasteiger partial charge on any atom is -0.316 e. The quantitative estimate of drug-likeness (QED) is 0.671. The van der Waals surface area contributed by atoms with Gasteiger partial charge >= 0.3 is 0 Å². The van der Waals surface area contributed by atoms with E-state index in [-0.39, 0.29) is 10.6 Å². The van der Waals surface area contributed by atoms with Crippen LogP contribution in [0.25, 0.3) is 10.8 Å². The van der Waals surface area contributed by atoms with E-state index < -0.39 is 0 Å². The van der Waals surface area contributed by atoms with Gasteiger partial charge in [-0.3, -0.25) is 15.1 Å². The zero-order valence-electron chi connectivity index (χ0n) is 12.0. The molecule has 0 fully saturated rings. The molecule has 2 rings (SSSR count). The molecule has 1 unspecified atom stereocenters. The maximum atomic E-state index is 11.1. The predicted molar refractivity (Wildman–Crippen MR) is 79.8 cm³/mol. The predicted octanol–water partition coefficient (Wildman–Crippen LogP) is 2.93. The molecule has 0 aliphatic carbocycles. The van der Waals surface area contributed by atoms with Crippen molar-refractivity contribution < 1.29 is 4.92 Å². The Morgan fingerprint density at radius 1 is 1.30 bits per heavy atom. The molecule has 5 nitrogen and oxygen atoms in total. The third-order valence-electron chi connectivity index (χ3n) is 3.70. The molecule has 106 valence electrons. The van der Waals surface area contributed by atoms with Crippen molar-refractivity contribution >= 4 is 16.5 Å². The first-order valence-corrected chi connectivity index (χ1v) is 6.72. The molecule has 2 aromatic rings. The van der Waals surface area contributed by atoms with Gasteiger partial charge in [-0.2, -0.15) is 0 Å². The average Bonchev–Trinajstić information content (AvgIpc) is 2.43. The Labute approximate surface area is 118 Å². The summed E-state index contributed by atoms with van der Waals surface area (Å²) in [4.78, 5) is 14.7. The minimum absolute atomic E-state index is 0.113. The van der Waals surface area contributed by atoms with Crippen LogP contribution in [0.3, 0.4) is 0 Å². The molecule has 0 saturated heterocycles. The lowest BCUT2D eigenvalue weighted by molar-refractivity contribution is -0.383. The second-order valence-electron chi connectivity index (χ2n) is 5.27. The summed E-state index contributed by atoms with van der Waals surface area (Å²) in [5.41, 5.74) is 1.23. The highest BCUT2D eigenvalue weighted by Crippen LogP contribution is 2.28. The molecular formula is C15H19N3O2. The molecule has 1 aromatic heterocycles. The molecular weight excluding hydrogens is 254 g/mol. The topological polar surface area (TPSA) is 68.1 Å². The number of hydrogen-bond acceptors (Lipinski definition) is 4. The molecule has 20 heavy (non-hydrogen) atoms. The van der Waals surface area contributed by atoms with Crippen molar-refractivity contribution in [3.8, 4) is 0 Å². The van der Waals surface area contributed by atoms with Gasteiger partial charge < -0.3 is 5.32 Å². The van der Waals surface area contributed by atoms with E-state index in [4.69, 9.17) is 0 Å². The molecule has 0 saturated carbocycles. The minimum atomic E-state index is -0.355. The first-order chi connectivity index (χ1) is 9.54. The zero-order chi connectivity index (χ0) is 14.7. The summed E-state index contributed by atoms with van der Waals surface area (Å²) in [5.74, 6) is 0.493. The van der Waals surface area contributed by atoms with Gasteiger partial charge in [-0.1, -0.05) is 19.9 Å². The number of nitrogens with one attached hydrogen (secondary N) is 1. The van der Waals surface area contributed by atoms with E-state index in [1.165, 1.54) is 0 Å². The lowest BCUT2D eigenvalue weighted by atomic mass is 9.93. The second kappa shape index (κ2) is 5.96. The first kappa shape index (κ1) is 14.4. The zero-order valence-corrected chi connectivity index (χ0v) is 12.0. The van der Waals surface area contributed by atoms with Crippen LogP contribution < -0.4 is 5.32 Å². The van der Waals surface area contributed by atoms with E-state index in [1.807, 2.05) is 19.2 Å². The van der Waals surface area contributed by atoms with Gasteiger partial charge in [-0.05, 0) is 36.4 Å². The van der Waals surface area contributed by atoms with E-state index in [0.717, 1.165) is 17.4 Å². The molecule has 0 aliphatic heterocycles. The van der Waals surface area contributed by atoms with Gasteiger partial charge in [0.1, 0.15) is 0 Å². The van der Waals surface area contributed by atoms with Crippen LogP contribution in [0.15, 0.2) is 30.6 Å². The molecule has 1 N–H and O–H groups in total. The number of fused-ring (bicyclic) bond motifs is 1. The van der Waals surface area contributed by atoms with Gasteiger partial charge in [0.2, 0.25) is 0 Å². The Bertz CT molecular complexity index is 626. The molecule has 0 amide bonds. The molecule has 0 aliphatic rings. The van der Waals surface area contributed by atoms with Gasteiger partial charge in [0.05, 0.1) is 10.3 Å². The van der Waals surface area contributed by atoms with E-state index in [1.54, 1.807) is 18.5 Å². The van der Waals surface area contributed by atoms with Crippen molar-refractivity contribution in [1.29, 1.82) is 0 Å². The Kier molecular flexibility index (Phi) is 4.29. The van der Waals surface area contributed by atoms with Gasteiger partial charge in [0.25, 0.3) is 5.69 Å². The monoisotopic (exact) mass is 273 g/mol. The van der Waals surface area contributed by atoms with E-state index in [0.29, 0.717) is 17.3 Å². The van der Waals surface area contributed by atoms with Crippen LogP contribution in [0, 0.1) is 16.0 Å². The third-order valence-corrected chi connectivity index (χ3v) is 3.70. The smallest absolute Gasteiger partial charge is 0.278 e. The number of rotatable bonds is 5. The summed E-state index contributed by atoms with van der Waals surface area (Å²) < 4.78 is 0. The Hall–Kier alpha value is -2.01. The molecule has 1 atom stereocenters. The largest absolute Gasteiger partial charge is 0.316 e. The van der Waals surface area contributed by atoms with Gasteiger partial charge in [0.15, 0.2) is 0 Å². The molecule has 5 heteroatoms. The average molecular weight is 273 g/mol.